The van der Waals surface area contributed by atoms with Gasteiger partial charge in [0.05, 0.1) is 12.3 Å². The molecule has 0 unspecified atom stereocenters. The Balaban J connectivity index is 2.93. The number of esters is 1. The number of hydrogen-bond acceptors (Lipinski definition) is 4. The van der Waals surface area contributed by atoms with Gasteiger partial charge in [0.1, 0.15) is 0 Å². The molecule has 13 heavy (non-hydrogen) atoms. The number of hydrogen-bond donors (Lipinski definition) is 0. The van der Waals surface area contributed by atoms with Crippen LogP contribution in [0, 0.1) is 6.92 Å². The summed E-state index contributed by atoms with van der Waals surface area (Å²) in [5.74, 6) is -0.00194. The van der Waals surface area contributed by atoms with Crippen molar-refractivity contribution in [3.63, 3.8) is 0 Å². The molecule has 0 radical (unpaired) electrons. The first-order valence-corrected chi connectivity index (χ1v) is 3.96. The SMILES string of the molecule is C=Cc1nc(C)c(C(=O)OCC)o1. The first-order chi connectivity index (χ1) is 6.19. The molecule has 0 spiro atoms. The Hall–Kier alpha value is -1.58. The molecular formula is C9H11NO3. The number of ether oxygens (including phenoxy) is 1. The maximum absolute atomic E-state index is 11.2. The molecule has 0 amide bonds. The van der Waals surface area contributed by atoms with Crippen molar-refractivity contribution < 1.29 is 13.9 Å². The van der Waals surface area contributed by atoms with Crippen LogP contribution >= 0.6 is 0 Å². The van der Waals surface area contributed by atoms with E-state index in [1.165, 1.54) is 6.08 Å². The van der Waals surface area contributed by atoms with Crippen LogP contribution in [-0.4, -0.2) is 17.6 Å². The monoisotopic (exact) mass is 181 g/mol. The van der Waals surface area contributed by atoms with Gasteiger partial charge < -0.3 is 9.15 Å². The van der Waals surface area contributed by atoms with Crippen molar-refractivity contribution in [2.75, 3.05) is 6.61 Å². The predicted octanol–water partition coefficient (Wildman–Crippen LogP) is 1.80. The second-order valence-corrected chi connectivity index (χ2v) is 2.39. The molecule has 1 heterocycles. The third kappa shape index (κ3) is 1.96. The van der Waals surface area contributed by atoms with Crippen LogP contribution in [-0.2, 0) is 4.74 Å². The van der Waals surface area contributed by atoms with Crippen LogP contribution in [0.15, 0.2) is 11.0 Å². The molecule has 0 fully saturated rings. The first-order valence-electron chi connectivity index (χ1n) is 3.96. The fourth-order valence-electron chi connectivity index (χ4n) is 0.891. The van der Waals surface area contributed by atoms with Crippen LogP contribution in [0.1, 0.15) is 29.1 Å². The highest BCUT2D eigenvalue weighted by molar-refractivity contribution is 5.87. The summed E-state index contributed by atoms with van der Waals surface area (Å²) < 4.78 is 9.83. The van der Waals surface area contributed by atoms with Crippen molar-refractivity contribution in [1.82, 2.24) is 4.98 Å². The zero-order valence-corrected chi connectivity index (χ0v) is 7.66. The highest BCUT2D eigenvalue weighted by atomic mass is 16.5. The van der Waals surface area contributed by atoms with Gasteiger partial charge in [-0.3, -0.25) is 0 Å². The summed E-state index contributed by atoms with van der Waals surface area (Å²) in [4.78, 5) is 15.2. The number of carbonyl (C=O) groups excluding carboxylic acids is 1. The molecule has 0 aliphatic heterocycles. The molecule has 4 nitrogen and oxygen atoms in total. The summed E-state index contributed by atoms with van der Waals surface area (Å²) in [6.45, 7) is 7.22. The second-order valence-electron chi connectivity index (χ2n) is 2.39. The molecular weight excluding hydrogens is 170 g/mol. The second kappa shape index (κ2) is 3.89. The summed E-state index contributed by atoms with van der Waals surface area (Å²) in [6, 6.07) is 0. The molecule has 70 valence electrons. The van der Waals surface area contributed by atoms with E-state index >= 15 is 0 Å². The van der Waals surface area contributed by atoms with E-state index in [1.807, 2.05) is 0 Å². The third-order valence-corrected chi connectivity index (χ3v) is 1.45. The number of nitrogens with zero attached hydrogens (tertiary/aromatic N) is 1. The molecule has 0 N–H and O–H groups in total. The van der Waals surface area contributed by atoms with E-state index in [1.54, 1.807) is 13.8 Å². The van der Waals surface area contributed by atoms with Gasteiger partial charge in [0, 0.05) is 0 Å². The quantitative estimate of drug-likeness (QED) is 0.667. The van der Waals surface area contributed by atoms with E-state index in [4.69, 9.17) is 9.15 Å². The van der Waals surface area contributed by atoms with Crippen molar-refractivity contribution >= 4 is 12.0 Å². The largest absolute Gasteiger partial charge is 0.460 e. The van der Waals surface area contributed by atoms with E-state index in [0.29, 0.717) is 18.2 Å². The van der Waals surface area contributed by atoms with Crippen molar-refractivity contribution in [2.24, 2.45) is 0 Å². The van der Waals surface area contributed by atoms with Crippen molar-refractivity contribution in [2.45, 2.75) is 13.8 Å². The molecule has 0 saturated carbocycles. The van der Waals surface area contributed by atoms with Gasteiger partial charge >= 0.3 is 5.97 Å². The molecule has 1 aromatic heterocycles. The van der Waals surface area contributed by atoms with Crippen LogP contribution in [0.2, 0.25) is 0 Å². The Morgan fingerprint density at radius 2 is 2.46 bits per heavy atom. The molecule has 0 saturated heterocycles. The van der Waals surface area contributed by atoms with E-state index in [9.17, 15) is 4.79 Å². The number of oxazole rings is 1. The average Bonchev–Trinajstić information content (AvgIpc) is 2.47. The Kier molecular flexibility index (Phi) is 2.84. The van der Waals surface area contributed by atoms with Gasteiger partial charge in [0.25, 0.3) is 0 Å². The average molecular weight is 181 g/mol. The van der Waals surface area contributed by atoms with Crippen LogP contribution in [0.5, 0.6) is 0 Å². The van der Waals surface area contributed by atoms with Crippen LogP contribution in [0.3, 0.4) is 0 Å². The van der Waals surface area contributed by atoms with Crippen LogP contribution in [0.4, 0.5) is 0 Å². The zero-order valence-electron chi connectivity index (χ0n) is 7.66. The summed E-state index contributed by atoms with van der Waals surface area (Å²) in [7, 11) is 0. The lowest BCUT2D eigenvalue weighted by molar-refractivity contribution is 0.0488. The lowest BCUT2D eigenvalue weighted by atomic mass is 10.4. The Labute approximate surface area is 76.2 Å². The molecule has 0 bridgehead atoms. The number of aryl methyl sites for hydroxylation is 1. The van der Waals surface area contributed by atoms with Gasteiger partial charge in [-0.15, -0.1) is 0 Å². The molecule has 0 aliphatic carbocycles. The minimum Gasteiger partial charge on any atom is -0.460 e. The smallest absolute Gasteiger partial charge is 0.376 e. The number of aromatic nitrogens is 1. The van der Waals surface area contributed by atoms with Gasteiger partial charge in [-0.05, 0) is 19.9 Å². The lowest BCUT2D eigenvalue weighted by Gasteiger charge is -1.96. The fourth-order valence-corrected chi connectivity index (χ4v) is 0.891. The third-order valence-electron chi connectivity index (χ3n) is 1.45. The normalized spacial score (nSPS) is 9.69. The topological polar surface area (TPSA) is 52.3 Å². The molecule has 4 heteroatoms. The first kappa shape index (κ1) is 9.51. The minimum absolute atomic E-state index is 0.150. The van der Waals surface area contributed by atoms with E-state index in [-0.39, 0.29) is 5.76 Å². The van der Waals surface area contributed by atoms with Crippen molar-refractivity contribution in [1.29, 1.82) is 0 Å². The summed E-state index contributed by atoms with van der Waals surface area (Å²) in [5.41, 5.74) is 0.522. The van der Waals surface area contributed by atoms with Gasteiger partial charge in [0.2, 0.25) is 11.7 Å². The van der Waals surface area contributed by atoms with E-state index in [2.05, 4.69) is 11.6 Å². The van der Waals surface area contributed by atoms with Crippen molar-refractivity contribution in [3.8, 4) is 0 Å². The summed E-state index contributed by atoms with van der Waals surface area (Å²) in [6.07, 6.45) is 1.44. The summed E-state index contributed by atoms with van der Waals surface area (Å²) in [5, 5.41) is 0. The maximum atomic E-state index is 11.2. The molecule has 1 rings (SSSR count). The van der Waals surface area contributed by atoms with Gasteiger partial charge in [-0.2, -0.15) is 0 Å². The van der Waals surface area contributed by atoms with Crippen LogP contribution in [0.25, 0.3) is 6.08 Å². The summed E-state index contributed by atoms with van der Waals surface area (Å²) >= 11 is 0. The van der Waals surface area contributed by atoms with Gasteiger partial charge in [-0.1, -0.05) is 6.58 Å². The molecule has 1 aromatic rings. The van der Waals surface area contributed by atoms with E-state index in [0.717, 1.165) is 0 Å². The van der Waals surface area contributed by atoms with Gasteiger partial charge in [0.15, 0.2) is 0 Å². The van der Waals surface area contributed by atoms with E-state index < -0.39 is 5.97 Å². The zero-order chi connectivity index (χ0) is 9.84. The fraction of sp³-hybridized carbons (Fsp3) is 0.333. The molecule has 0 aliphatic rings. The lowest BCUT2D eigenvalue weighted by Crippen LogP contribution is -2.04. The highest BCUT2D eigenvalue weighted by Gasteiger charge is 2.16. The Bertz CT molecular complexity index is 328. The maximum Gasteiger partial charge on any atom is 0.376 e. The van der Waals surface area contributed by atoms with Crippen LogP contribution < -0.4 is 0 Å². The molecule has 0 atom stereocenters. The number of carbonyl (C=O) groups is 1. The Morgan fingerprint density at radius 1 is 1.77 bits per heavy atom. The minimum atomic E-state index is -0.486. The number of rotatable bonds is 3. The Morgan fingerprint density at radius 3 is 2.92 bits per heavy atom. The predicted molar refractivity (Wildman–Crippen MR) is 47.3 cm³/mol. The molecule has 0 aromatic carbocycles. The standard InChI is InChI=1S/C9H11NO3/c1-4-7-10-6(3)8(13-7)9(11)12-5-2/h4H,1,5H2,2-3H3. The van der Waals surface area contributed by atoms with Crippen molar-refractivity contribution in [3.05, 3.63) is 23.9 Å². The highest BCUT2D eigenvalue weighted by Crippen LogP contribution is 2.11. The van der Waals surface area contributed by atoms with Gasteiger partial charge in [-0.25, -0.2) is 9.78 Å².